The molecule has 19 heavy (non-hydrogen) atoms. The second-order valence-corrected chi connectivity index (χ2v) is 5.61. The molecule has 1 saturated carbocycles. The number of benzene rings is 1. The van der Waals surface area contributed by atoms with E-state index in [1.807, 2.05) is 31.2 Å². The van der Waals surface area contributed by atoms with Crippen molar-refractivity contribution < 1.29 is 0 Å². The minimum atomic E-state index is 0.563. The first-order valence-electron chi connectivity index (χ1n) is 6.81. The Labute approximate surface area is 118 Å². The highest BCUT2D eigenvalue weighted by molar-refractivity contribution is 6.30. The first kappa shape index (κ1) is 12.5. The SMILES string of the molecule is Cc1cn(-c2ccc(Cl)cc2)c(NC2CCCC2)n1. The van der Waals surface area contributed by atoms with Gasteiger partial charge in [0, 0.05) is 22.9 Å². The summed E-state index contributed by atoms with van der Waals surface area (Å²) in [7, 11) is 0. The molecule has 1 aromatic carbocycles. The number of halogens is 1. The van der Waals surface area contributed by atoms with E-state index in [1.54, 1.807) is 0 Å². The van der Waals surface area contributed by atoms with Crippen LogP contribution in [0.5, 0.6) is 0 Å². The van der Waals surface area contributed by atoms with Crippen molar-refractivity contribution in [3.8, 4) is 5.69 Å². The molecule has 4 heteroatoms. The predicted molar refractivity (Wildman–Crippen MR) is 79.2 cm³/mol. The van der Waals surface area contributed by atoms with Gasteiger partial charge in [-0.1, -0.05) is 24.4 Å². The fourth-order valence-corrected chi connectivity index (χ4v) is 2.78. The summed E-state index contributed by atoms with van der Waals surface area (Å²) in [5, 5.41) is 4.32. The molecule has 100 valence electrons. The quantitative estimate of drug-likeness (QED) is 0.910. The standard InChI is InChI=1S/C15H18ClN3/c1-11-10-19(14-8-6-12(16)7-9-14)15(17-11)18-13-4-2-3-5-13/h6-10,13H,2-5H2,1H3,(H,17,18). The van der Waals surface area contributed by atoms with E-state index in [9.17, 15) is 0 Å². The number of imidazole rings is 1. The summed E-state index contributed by atoms with van der Waals surface area (Å²) in [4.78, 5) is 4.59. The lowest BCUT2D eigenvalue weighted by Gasteiger charge is -2.14. The van der Waals surface area contributed by atoms with Gasteiger partial charge in [0.15, 0.2) is 0 Å². The third-order valence-corrected chi connectivity index (χ3v) is 3.87. The smallest absolute Gasteiger partial charge is 0.207 e. The summed E-state index contributed by atoms with van der Waals surface area (Å²) in [5.41, 5.74) is 2.11. The second-order valence-electron chi connectivity index (χ2n) is 5.18. The molecule has 2 aromatic rings. The molecule has 0 saturated heterocycles. The van der Waals surface area contributed by atoms with Crippen molar-refractivity contribution in [1.29, 1.82) is 0 Å². The van der Waals surface area contributed by atoms with Crippen molar-refractivity contribution in [1.82, 2.24) is 9.55 Å². The molecule has 1 fully saturated rings. The molecular formula is C15H18ClN3. The zero-order chi connectivity index (χ0) is 13.2. The molecule has 0 unspecified atom stereocenters. The van der Waals surface area contributed by atoms with Gasteiger partial charge in [0.05, 0.1) is 5.69 Å². The summed E-state index contributed by atoms with van der Waals surface area (Å²) < 4.78 is 2.10. The van der Waals surface area contributed by atoms with E-state index in [1.165, 1.54) is 25.7 Å². The molecule has 3 rings (SSSR count). The average molecular weight is 276 g/mol. The molecule has 0 amide bonds. The van der Waals surface area contributed by atoms with Gasteiger partial charge in [-0.25, -0.2) is 4.98 Å². The van der Waals surface area contributed by atoms with Crippen LogP contribution >= 0.6 is 11.6 Å². The van der Waals surface area contributed by atoms with E-state index < -0.39 is 0 Å². The van der Waals surface area contributed by atoms with E-state index in [0.717, 1.165) is 22.4 Å². The van der Waals surface area contributed by atoms with Crippen LogP contribution in [0.3, 0.4) is 0 Å². The number of nitrogens with one attached hydrogen (secondary N) is 1. The Bertz CT molecular complexity index is 553. The van der Waals surface area contributed by atoms with E-state index in [0.29, 0.717) is 6.04 Å². The number of aryl methyl sites for hydroxylation is 1. The van der Waals surface area contributed by atoms with Crippen molar-refractivity contribution in [3.05, 3.63) is 41.2 Å². The van der Waals surface area contributed by atoms with Crippen LogP contribution in [0.1, 0.15) is 31.4 Å². The number of hydrogen-bond donors (Lipinski definition) is 1. The molecule has 1 N–H and O–H groups in total. The molecule has 0 atom stereocenters. The van der Waals surface area contributed by atoms with Gasteiger partial charge in [-0.3, -0.25) is 4.57 Å². The van der Waals surface area contributed by atoms with Crippen molar-refractivity contribution in [2.24, 2.45) is 0 Å². The first-order valence-corrected chi connectivity index (χ1v) is 7.18. The molecule has 1 aliphatic rings. The zero-order valence-electron chi connectivity index (χ0n) is 11.1. The lowest BCUT2D eigenvalue weighted by molar-refractivity contribution is 0.740. The molecule has 0 aliphatic heterocycles. The first-order chi connectivity index (χ1) is 9.22. The average Bonchev–Trinajstić information content (AvgIpc) is 3.01. The Hall–Kier alpha value is -1.48. The van der Waals surface area contributed by atoms with E-state index in [-0.39, 0.29) is 0 Å². The summed E-state index contributed by atoms with van der Waals surface area (Å²) in [6, 6.07) is 8.41. The van der Waals surface area contributed by atoms with Gasteiger partial charge in [-0.05, 0) is 44.0 Å². The molecule has 1 heterocycles. The van der Waals surface area contributed by atoms with E-state index >= 15 is 0 Å². The van der Waals surface area contributed by atoms with Crippen LogP contribution in [0, 0.1) is 6.92 Å². The molecule has 3 nitrogen and oxygen atoms in total. The Morgan fingerprint density at radius 1 is 1.21 bits per heavy atom. The van der Waals surface area contributed by atoms with Gasteiger partial charge in [-0.2, -0.15) is 0 Å². The molecule has 1 aromatic heterocycles. The fourth-order valence-electron chi connectivity index (χ4n) is 2.65. The van der Waals surface area contributed by atoms with Crippen molar-refractivity contribution in [2.45, 2.75) is 38.6 Å². The highest BCUT2D eigenvalue weighted by Gasteiger charge is 2.17. The minimum Gasteiger partial charge on any atom is -0.353 e. The maximum atomic E-state index is 5.94. The molecule has 0 spiro atoms. The maximum Gasteiger partial charge on any atom is 0.207 e. The monoisotopic (exact) mass is 275 g/mol. The van der Waals surface area contributed by atoms with Crippen LogP contribution in [0.25, 0.3) is 5.69 Å². The van der Waals surface area contributed by atoms with Crippen LogP contribution in [0.15, 0.2) is 30.5 Å². The minimum absolute atomic E-state index is 0.563. The normalized spacial score (nSPS) is 15.9. The van der Waals surface area contributed by atoms with Crippen LogP contribution in [0.2, 0.25) is 5.02 Å². The summed E-state index contributed by atoms with van der Waals surface area (Å²) >= 11 is 5.94. The van der Waals surface area contributed by atoms with Crippen molar-refractivity contribution in [2.75, 3.05) is 5.32 Å². The van der Waals surface area contributed by atoms with Crippen LogP contribution in [-0.2, 0) is 0 Å². The lowest BCUT2D eigenvalue weighted by Crippen LogP contribution is -2.17. The Morgan fingerprint density at radius 2 is 1.89 bits per heavy atom. The Kier molecular flexibility index (Phi) is 3.47. The molecule has 1 aliphatic carbocycles. The molecule has 0 bridgehead atoms. The van der Waals surface area contributed by atoms with Gasteiger partial charge in [0.25, 0.3) is 0 Å². The molecular weight excluding hydrogens is 258 g/mol. The van der Waals surface area contributed by atoms with E-state index in [4.69, 9.17) is 11.6 Å². The second kappa shape index (κ2) is 5.25. The van der Waals surface area contributed by atoms with Crippen molar-refractivity contribution >= 4 is 17.5 Å². The number of aromatic nitrogens is 2. The Morgan fingerprint density at radius 3 is 2.58 bits per heavy atom. The van der Waals surface area contributed by atoms with Crippen LogP contribution in [-0.4, -0.2) is 15.6 Å². The zero-order valence-corrected chi connectivity index (χ0v) is 11.8. The fraction of sp³-hybridized carbons (Fsp3) is 0.400. The van der Waals surface area contributed by atoms with Gasteiger partial charge in [-0.15, -0.1) is 0 Å². The number of nitrogens with zero attached hydrogens (tertiary/aromatic N) is 2. The largest absolute Gasteiger partial charge is 0.353 e. The predicted octanol–water partition coefficient (Wildman–Crippen LogP) is 4.19. The van der Waals surface area contributed by atoms with Gasteiger partial charge >= 0.3 is 0 Å². The lowest BCUT2D eigenvalue weighted by atomic mass is 10.2. The summed E-state index contributed by atoms with van der Waals surface area (Å²) in [5.74, 6) is 0.937. The summed E-state index contributed by atoms with van der Waals surface area (Å²) in [6.45, 7) is 2.02. The van der Waals surface area contributed by atoms with Gasteiger partial charge in [0.1, 0.15) is 0 Å². The van der Waals surface area contributed by atoms with Crippen molar-refractivity contribution in [3.63, 3.8) is 0 Å². The third-order valence-electron chi connectivity index (χ3n) is 3.62. The van der Waals surface area contributed by atoms with Gasteiger partial charge in [0.2, 0.25) is 5.95 Å². The topological polar surface area (TPSA) is 29.9 Å². The van der Waals surface area contributed by atoms with Crippen LogP contribution < -0.4 is 5.32 Å². The number of hydrogen-bond acceptors (Lipinski definition) is 2. The maximum absolute atomic E-state index is 5.94. The highest BCUT2D eigenvalue weighted by atomic mass is 35.5. The number of anilines is 1. The Balaban J connectivity index is 1.89. The molecule has 0 radical (unpaired) electrons. The third kappa shape index (κ3) is 2.76. The summed E-state index contributed by atoms with van der Waals surface area (Å²) in [6.07, 6.45) is 7.18. The van der Waals surface area contributed by atoms with Crippen LogP contribution in [0.4, 0.5) is 5.95 Å². The van der Waals surface area contributed by atoms with E-state index in [2.05, 4.69) is 21.1 Å². The number of rotatable bonds is 3. The highest BCUT2D eigenvalue weighted by Crippen LogP contribution is 2.24. The van der Waals surface area contributed by atoms with Gasteiger partial charge < -0.3 is 5.32 Å².